The number of hydrogen-bond acceptors (Lipinski definition) is 2. The molecule has 0 spiro atoms. The van der Waals surface area contributed by atoms with Crippen molar-refractivity contribution in [1.82, 2.24) is 0 Å². The van der Waals surface area contributed by atoms with Crippen LogP contribution in [0.25, 0.3) is 0 Å². The van der Waals surface area contributed by atoms with Gasteiger partial charge in [-0.15, -0.1) is 0 Å². The molecule has 0 bridgehead atoms. The van der Waals surface area contributed by atoms with Gasteiger partial charge in [0.2, 0.25) is 0 Å². The first-order valence-electron chi connectivity index (χ1n) is 5.60. The number of carbonyl (C=O) groups excluding carboxylic acids is 1. The zero-order chi connectivity index (χ0) is 12.1. The van der Waals surface area contributed by atoms with Crippen LogP contribution in [0, 0.1) is 0 Å². The van der Waals surface area contributed by atoms with Gasteiger partial charge in [0, 0.05) is 0 Å². The van der Waals surface area contributed by atoms with Crippen molar-refractivity contribution >= 4 is 5.91 Å². The Morgan fingerprint density at radius 2 is 1.88 bits per heavy atom. The summed E-state index contributed by atoms with van der Waals surface area (Å²) in [6.45, 7) is 5.98. The fourth-order valence-corrected chi connectivity index (χ4v) is 1.37. The van der Waals surface area contributed by atoms with Gasteiger partial charge in [-0.2, -0.15) is 0 Å². The largest absolute Gasteiger partial charge is 0.481 e. The number of ether oxygens (including phenoxy) is 1. The Morgan fingerprint density at radius 3 is 2.31 bits per heavy atom. The second-order valence-electron chi connectivity index (χ2n) is 4.04. The zero-order valence-corrected chi connectivity index (χ0v) is 10.1. The van der Waals surface area contributed by atoms with Gasteiger partial charge in [-0.05, 0) is 37.0 Å². The van der Waals surface area contributed by atoms with Crippen molar-refractivity contribution in [2.45, 2.75) is 39.2 Å². The number of nitrogens with two attached hydrogens (primary N) is 1. The molecular weight excluding hydrogens is 202 g/mol. The second kappa shape index (κ2) is 5.54. The van der Waals surface area contributed by atoms with Gasteiger partial charge < -0.3 is 10.5 Å². The number of amides is 1. The van der Waals surface area contributed by atoms with E-state index in [4.69, 9.17) is 10.5 Å². The number of carbonyl (C=O) groups is 1. The minimum Gasteiger partial charge on any atom is -0.481 e. The van der Waals surface area contributed by atoms with Crippen molar-refractivity contribution in [1.29, 1.82) is 0 Å². The Morgan fingerprint density at radius 1 is 1.31 bits per heavy atom. The highest BCUT2D eigenvalue weighted by atomic mass is 16.5. The summed E-state index contributed by atoms with van der Waals surface area (Å²) in [4.78, 5) is 10.8. The van der Waals surface area contributed by atoms with Gasteiger partial charge in [-0.25, -0.2) is 0 Å². The third-order valence-corrected chi connectivity index (χ3v) is 2.78. The van der Waals surface area contributed by atoms with Crippen LogP contribution in [0.4, 0.5) is 0 Å². The molecule has 1 aromatic carbocycles. The monoisotopic (exact) mass is 221 g/mol. The second-order valence-corrected chi connectivity index (χ2v) is 4.04. The summed E-state index contributed by atoms with van der Waals surface area (Å²) in [5.74, 6) is 0.770. The van der Waals surface area contributed by atoms with E-state index >= 15 is 0 Å². The molecule has 1 aromatic rings. The first-order valence-corrected chi connectivity index (χ1v) is 5.60. The molecule has 2 atom stereocenters. The third-order valence-electron chi connectivity index (χ3n) is 2.78. The lowest BCUT2D eigenvalue weighted by Crippen LogP contribution is -2.30. The highest BCUT2D eigenvalue weighted by Crippen LogP contribution is 2.21. The predicted octanol–water partition coefficient (Wildman–Crippen LogP) is 2.45. The maximum absolute atomic E-state index is 10.8. The van der Waals surface area contributed by atoms with Crippen molar-refractivity contribution in [2.24, 2.45) is 5.73 Å². The molecule has 0 saturated heterocycles. The van der Waals surface area contributed by atoms with Crippen LogP contribution in [-0.4, -0.2) is 12.0 Å². The minimum absolute atomic E-state index is 0.453. The fraction of sp³-hybridized carbons (Fsp3) is 0.462. The summed E-state index contributed by atoms with van der Waals surface area (Å²) in [7, 11) is 0. The molecule has 0 saturated carbocycles. The Bertz CT molecular complexity index is 345. The summed E-state index contributed by atoms with van der Waals surface area (Å²) >= 11 is 0. The van der Waals surface area contributed by atoms with Gasteiger partial charge in [0.25, 0.3) is 5.91 Å². The molecule has 0 aromatic heterocycles. The molecule has 88 valence electrons. The molecular formula is C13H19NO2. The average Bonchev–Trinajstić information content (AvgIpc) is 2.28. The maximum Gasteiger partial charge on any atom is 0.258 e. The third kappa shape index (κ3) is 3.26. The van der Waals surface area contributed by atoms with E-state index < -0.39 is 12.0 Å². The van der Waals surface area contributed by atoms with E-state index in [1.54, 1.807) is 6.92 Å². The Labute approximate surface area is 96.6 Å². The van der Waals surface area contributed by atoms with E-state index in [-0.39, 0.29) is 0 Å². The highest BCUT2D eigenvalue weighted by molar-refractivity contribution is 5.78. The lowest BCUT2D eigenvalue weighted by molar-refractivity contribution is -0.123. The quantitative estimate of drug-likeness (QED) is 0.830. The average molecular weight is 221 g/mol. The van der Waals surface area contributed by atoms with Crippen LogP contribution in [-0.2, 0) is 4.79 Å². The van der Waals surface area contributed by atoms with Crippen molar-refractivity contribution in [3.8, 4) is 5.75 Å². The molecule has 0 heterocycles. The summed E-state index contributed by atoms with van der Waals surface area (Å²) in [5.41, 5.74) is 6.40. The summed E-state index contributed by atoms with van der Waals surface area (Å²) in [5, 5.41) is 0. The zero-order valence-electron chi connectivity index (χ0n) is 10.1. The standard InChI is InChI=1S/C13H19NO2/c1-4-9(2)11-5-7-12(8-6-11)16-10(3)13(14)15/h5-10H,4H2,1-3H3,(H2,14,15)/t9-,10-/m0/s1. The smallest absolute Gasteiger partial charge is 0.258 e. The van der Waals surface area contributed by atoms with Crippen molar-refractivity contribution in [3.05, 3.63) is 29.8 Å². The van der Waals surface area contributed by atoms with Gasteiger partial charge in [-0.3, -0.25) is 4.79 Å². The lowest BCUT2D eigenvalue weighted by Gasteiger charge is -2.13. The van der Waals surface area contributed by atoms with Crippen molar-refractivity contribution in [2.75, 3.05) is 0 Å². The van der Waals surface area contributed by atoms with Crippen LogP contribution in [0.3, 0.4) is 0 Å². The molecule has 0 unspecified atom stereocenters. The van der Waals surface area contributed by atoms with Gasteiger partial charge in [0.1, 0.15) is 5.75 Å². The normalized spacial score (nSPS) is 14.2. The van der Waals surface area contributed by atoms with E-state index in [1.807, 2.05) is 24.3 Å². The van der Waals surface area contributed by atoms with E-state index in [2.05, 4.69) is 13.8 Å². The Balaban J connectivity index is 2.68. The van der Waals surface area contributed by atoms with E-state index in [1.165, 1.54) is 5.56 Å². The maximum atomic E-state index is 10.8. The Hall–Kier alpha value is -1.51. The fourth-order valence-electron chi connectivity index (χ4n) is 1.37. The molecule has 2 N–H and O–H groups in total. The number of primary amides is 1. The molecule has 0 aliphatic rings. The first-order chi connectivity index (χ1) is 7.54. The summed E-state index contributed by atoms with van der Waals surface area (Å²) < 4.78 is 5.37. The van der Waals surface area contributed by atoms with Crippen LogP contribution in [0.2, 0.25) is 0 Å². The predicted molar refractivity (Wildman–Crippen MR) is 64.4 cm³/mol. The van der Waals surface area contributed by atoms with Gasteiger partial charge in [-0.1, -0.05) is 26.0 Å². The number of hydrogen-bond donors (Lipinski definition) is 1. The van der Waals surface area contributed by atoms with Crippen molar-refractivity contribution in [3.63, 3.8) is 0 Å². The molecule has 0 aliphatic carbocycles. The van der Waals surface area contributed by atoms with Gasteiger partial charge >= 0.3 is 0 Å². The minimum atomic E-state index is -0.588. The van der Waals surface area contributed by atoms with E-state index in [9.17, 15) is 4.79 Å². The molecule has 0 aliphatic heterocycles. The molecule has 0 radical (unpaired) electrons. The molecule has 3 heteroatoms. The van der Waals surface area contributed by atoms with Gasteiger partial charge in [0.05, 0.1) is 0 Å². The lowest BCUT2D eigenvalue weighted by atomic mass is 9.99. The van der Waals surface area contributed by atoms with E-state index in [0.29, 0.717) is 11.7 Å². The SMILES string of the molecule is CC[C@H](C)c1ccc(O[C@@H](C)C(N)=O)cc1. The summed E-state index contributed by atoms with van der Waals surface area (Å²) in [6, 6.07) is 7.80. The Kier molecular flexibility index (Phi) is 4.35. The topological polar surface area (TPSA) is 52.3 Å². The van der Waals surface area contributed by atoms with Crippen molar-refractivity contribution < 1.29 is 9.53 Å². The van der Waals surface area contributed by atoms with Crippen LogP contribution in [0.5, 0.6) is 5.75 Å². The van der Waals surface area contributed by atoms with Crippen LogP contribution < -0.4 is 10.5 Å². The summed E-state index contributed by atoms with van der Waals surface area (Å²) in [6.07, 6.45) is 0.521. The van der Waals surface area contributed by atoms with E-state index in [0.717, 1.165) is 6.42 Å². The molecule has 3 nitrogen and oxygen atoms in total. The molecule has 0 fully saturated rings. The molecule has 1 rings (SSSR count). The number of benzene rings is 1. The molecule has 1 amide bonds. The van der Waals surface area contributed by atoms with Crippen LogP contribution in [0.15, 0.2) is 24.3 Å². The molecule has 16 heavy (non-hydrogen) atoms. The van der Waals surface area contributed by atoms with Crippen LogP contribution in [0.1, 0.15) is 38.7 Å². The van der Waals surface area contributed by atoms with Crippen LogP contribution >= 0.6 is 0 Å². The van der Waals surface area contributed by atoms with Gasteiger partial charge in [0.15, 0.2) is 6.10 Å². The number of rotatable bonds is 5. The highest BCUT2D eigenvalue weighted by Gasteiger charge is 2.10. The first kappa shape index (κ1) is 12.6.